The summed E-state index contributed by atoms with van der Waals surface area (Å²) in [6, 6.07) is 0.317. The van der Waals surface area contributed by atoms with Crippen molar-refractivity contribution in [1.82, 2.24) is 0 Å². The number of aliphatic carboxylic acids is 1. The third kappa shape index (κ3) is 3.22. The molecule has 0 saturated heterocycles. The van der Waals surface area contributed by atoms with Crippen LogP contribution in [0, 0.1) is 5.92 Å². The van der Waals surface area contributed by atoms with Gasteiger partial charge in [-0.2, -0.15) is 0 Å². The highest BCUT2D eigenvalue weighted by atomic mass is 16.4. The van der Waals surface area contributed by atoms with Crippen molar-refractivity contribution in [3.05, 3.63) is 0 Å². The fourth-order valence-electron chi connectivity index (χ4n) is 1.92. The molecule has 3 heteroatoms. The molecule has 1 saturated carbocycles. The minimum atomic E-state index is -0.686. The van der Waals surface area contributed by atoms with E-state index >= 15 is 0 Å². The van der Waals surface area contributed by atoms with Crippen LogP contribution in [0.3, 0.4) is 0 Å². The Bertz CT molecular complexity index is 159. The molecule has 12 heavy (non-hydrogen) atoms. The minimum Gasteiger partial charge on any atom is -0.481 e. The summed E-state index contributed by atoms with van der Waals surface area (Å²) in [4.78, 5) is 10.3. The lowest BCUT2D eigenvalue weighted by atomic mass is 9.83. The molecule has 1 aliphatic carbocycles. The van der Waals surface area contributed by atoms with Crippen molar-refractivity contribution in [1.29, 1.82) is 0 Å². The highest BCUT2D eigenvalue weighted by Crippen LogP contribution is 2.26. The second-order valence-corrected chi connectivity index (χ2v) is 3.73. The lowest BCUT2D eigenvalue weighted by Gasteiger charge is -2.25. The van der Waals surface area contributed by atoms with E-state index < -0.39 is 5.97 Å². The van der Waals surface area contributed by atoms with E-state index in [4.69, 9.17) is 10.8 Å². The molecular formula is C9H17NO2. The van der Waals surface area contributed by atoms with Crippen molar-refractivity contribution < 1.29 is 9.90 Å². The Kier molecular flexibility index (Phi) is 3.53. The summed E-state index contributed by atoms with van der Waals surface area (Å²) in [5, 5.41) is 8.48. The van der Waals surface area contributed by atoms with Crippen molar-refractivity contribution >= 4 is 5.97 Å². The molecule has 2 atom stereocenters. The van der Waals surface area contributed by atoms with Gasteiger partial charge in [-0.3, -0.25) is 4.79 Å². The summed E-state index contributed by atoms with van der Waals surface area (Å²) in [6.07, 6.45) is 5.59. The zero-order valence-corrected chi connectivity index (χ0v) is 7.33. The maximum atomic E-state index is 10.3. The van der Waals surface area contributed by atoms with Gasteiger partial charge in [-0.15, -0.1) is 0 Å². The summed E-state index contributed by atoms with van der Waals surface area (Å²) >= 11 is 0. The van der Waals surface area contributed by atoms with E-state index in [9.17, 15) is 4.79 Å². The highest BCUT2D eigenvalue weighted by molar-refractivity contribution is 5.66. The van der Waals surface area contributed by atoms with E-state index in [0.29, 0.717) is 18.4 Å². The van der Waals surface area contributed by atoms with Gasteiger partial charge in [0, 0.05) is 12.5 Å². The van der Waals surface area contributed by atoms with Gasteiger partial charge in [0.15, 0.2) is 0 Å². The minimum absolute atomic E-state index is 0.303. The summed E-state index contributed by atoms with van der Waals surface area (Å²) in [7, 11) is 0. The predicted molar refractivity (Wildman–Crippen MR) is 46.8 cm³/mol. The Morgan fingerprint density at radius 1 is 1.50 bits per heavy atom. The van der Waals surface area contributed by atoms with Crippen LogP contribution in [-0.2, 0) is 4.79 Å². The zero-order valence-electron chi connectivity index (χ0n) is 7.33. The van der Waals surface area contributed by atoms with Gasteiger partial charge >= 0.3 is 5.97 Å². The normalized spacial score (nSPS) is 30.1. The van der Waals surface area contributed by atoms with Crippen LogP contribution in [0.25, 0.3) is 0 Å². The molecule has 1 rings (SSSR count). The highest BCUT2D eigenvalue weighted by Gasteiger charge is 2.19. The van der Waals surface area contributed by atoms with E-state index in [2.05, 4.69) is 0 Å². The van der Waals surface area contributed by atoms with E-state index in [1.807, 2.05) is 0 Å². The van der Waals surface area contributed by atoms with Crippen LogP contribution in [0.15, 0.2) is 0 Å². The van der Waals surface area contributed by atoms with Crippen molar-refractivity contribution in [2.75, 3.05) is 0 Å². The molecule has 1 fully saturated rings. The fraction of sp³-hybridized carbons (Fsp3) is 0.889. The van der Waals surface area contributed by atoms with Gasteiger partial charge in [-0.1, -0.05) is 12.8 Å². The SMILES string of the molecule is N[C@@H]1CCC[C@H](CCC(=O)O)C1. The molecule has 0 aromatic carbocycles. The largest absolute Gasteiger partial charge is 0.481 e. The molecule has 0 bridgehead atoms. The van der Waals surface area contributed by atoms with Gasteiger partial charge < -0.3 is 10.8 Å². The van der Waals surface area contributed by atoms with Crippen LogP contribution >= 0.6 is 0 Å². The predicted octanol–water partition coefficient (Wildman–Crippen LogP) is 1.37. The van der Waals surface area contributed by atoms with Crippen LogP contribution in [0.1, 0.15) is 38.5 Å². The van der Waals surface area contributed by atoms with Crippen molar-refractivity contribution in [2.24, 2.45) is 11.7 Å². The molecule has 0 heterocycles. The molecule has 0 unspecified atom stereocenters. The molecule has 0 spiro atoms. The van der Waals surface area contributed by atoms with Crippen molar-refractivity contribution in [2.45, 2.75) is 44.6 Å². The molecule has 1 aliphatic rings. The first-order valence-electron chi connectivity index (χ1n) is 4.66. The topological polar surface area (TPSA) is 63.3 Å². The van der Waals surface area contributed by atoms with Gasteiger partial charge in [0.25, 0.3) is 0 Å². The third-order valence-electron chi connectivity index (χ3n) is 2.59. The van der Waals surface area contributed by atoms with Crippen LogP contribution in [0.5, 0.6) is 0 Å². The maximum absolute atomic E-state index is 10.3. The van der Waals surface area contributed by atoms with Gasteiger partial charge in [-0.05, 0) is 25.2 Å². The molecule has 0 amide bonds. The van der Waals surface area contributed by atoms with Crippen LogP contribution in [0.4, 0.5) is 0 Å². The Morgan fingerprint density at radius 2 is 2.25 bits per heavy atom. The fourth-order valence-corrected chi connectivity index (χ4v) is 1.92. The Morgan fingerprint density at radius 3 is 2.83 bits per heavy atom. The van der Waals surface area contributed by atoms with Crippen LogP contribution in [0.2, 0.25) is 0 Å². The van der Waals surface area contributed by atoms with E-state index in [1.165, 1.54) is 12.8 Å². The molecule has 3 nitrogen and oxygen atoms in total. The average molecular weight is 171 g/mol. The lowest BCUT2D eigenvalue weighted by Crippen LogP contribution is -2.28. The quantitative estimate of drug-likeness (QED) is 0.674. The molecule has 70 valence electrons. The molecule has 0 aliphatic heterocycles. The number of rotatable bonds is 3. The second-order valence-electron chi connectivity index (χ2n) is 3.73. The number of hydrogen-bond acceptors (Lipinski definition) is 2. The third-order valence-corrected chi connectivity index (χ3v) is 2.59. The first kappa shape index (κ1) is 9.52. The number of carboxylic acids is 1. The summed E-state index contributed by atoms with van der Waals surface area (Å²) in [5.41, 5.74) is 5.78. The molecule has 0 aromatic heterocycles. The number of carbonyl (C=O) groups is 1. The van der Waals surface area contributed by atoms with E-state index in [-0.39, 0.29) is 0 Å². The lowest BCUT2D eigenvalue weighted by molar-refractivity contribution is -0.137. The average Bonchev–Trinajstić information content (AvgIpc) is 2.01. The monoisotopic (exact) mass is 171 g/mol. The Labute approximate surface area is 72.9 Å². The number of nitrogens with two attached hydrogens (primary N) is 1. The Balaban J connectivity index is 2.18. The zero-order chi connectivity index (χ0) is 8.97. The number of carboxylic acid groups (broad SMARTS) is 1. The standard InChI is InChI=1S/C9H17NO2/c10-8-3-1-2-7(6-8)4-5-9(11)12/h7-8H,1-6,10H2,(H,11,12)/t7-,8-/m1/s1. The van der Waals surface area contributed by atoms with Gasteiger partial charge in [0.2, 0.25) is 0 Å². The molecule has 3 N–H and O–H groups in total. The Hall–Kier alpha value is -0.570. The van der Waals surface area contributed by atoms with Gasteiger partial charge in [-0.25, -0.2) is 0 Å². The molecule has 0 radical (unpaired) electrons. The second kappa shape index (κ2) is 4.45. The molecular weight excluding hydrogens is 154 g/mol. The van der Waals surface area contributed by atoms with Crippen LogP contribution in [-0.4, -0.2) is 17.1 Å². The van der Waals surface area contributed by atoms with E-state index in [0.717, 1.165) is 19.3 Å². The summed E-state index contributed by atoms with van der Waals surface area (Å²) in [5.74, 6) is -0.126. The van der Waals surface area contributed by atoms with Gasteiger partial charge in [0.1, 0.15) is 0 Å². The first-order chi connectivity index (χ1) is 5.68. The van der Waals surface area contributed by atoms with Gasteiger partial charge in [0.05, 0.1) is 0 Å². The van der Waals surface area contributed by atoms with Crippen molar-refractivity contribution in [3.63, 3.8) is 0 Å². The maximum Gasteiger partial charge on any atom is 0.303 e. The first-order valence-corrected chi connectivity index (χ1v) is 4.66. The van der Waals surface area contributed by atoms with Crippen LogP contribution < -0.4 is 5.73 Å². The molecule has 0 aromatic rings. The van der Waals surface area contributed by atoms with Crippen molar-refractivity contribution in [3.8, 4) is 0 Å². The smallest absolute Gasteiger partial charge is 0.303 e. The number of hydrogen-bond donors (Lipinski definition) is 2. The van der Waals surface area contributed by atoms with E-state index in [1.54, 1.807) is 0 Å². The summed E-state index contributed by atoms with van der Waals surface area (Å²) in [6.45, 7) is 0. The summed E-state index contributed by atoms with van der Waals surface area (Å²) < 4.78 is 0.